The Bertz CT molecular complexity index is 935. The van der Waals surface area contributed by atoms with Gasteiger partial charge in [0.2, 0.25) is 0 Å². The normalized spacial score (nSPS) is 15.3. The smallest absolute Gasteiger partial charge is 0.280 e. The van der Waals surface area contributed by atoms with Crippen LogP contribution in [0.4, 0.5) is 5.69 Å². The number of ether oxygens (including phenoxy) is 1. The number of hydrogen-bond donors (Lipinski definition) is 0. The molecule has 0 bridgehead atoms. The Hall–Kier alpha value is -2.56. The molecule has 1 aliphatic heterocycles. The Balaban J connectivity index is 1.94. The van der Waals surface area contributed by atoms with Crippen molar-refractivity contribution >= 4 is 46.6 Å². The Labute approximate surface area is 162 Å². The maximum atomic E-state index is 12.9. The Morgan fingerprint density at radius 3 is 2.69 bits per heavy atom. The minimum atomic E-state index is -0.237. The molecule has 1 amide bonds. The molecule has 0 aromatic heterocycles. The molecule has 2 aromatic carbocycles. The molecule has 2 aromatic rings. The van der Waals surface area contributed by atoms with Crippen LogP contribution in [0.3, 0.4) is 0 Å². The van der Waals surface area contributed by atoms with Gasteiger partial charge in [0, 0.05) is 5.56 Å². The molecule has 1 aliphatic rings. The van der Waals surface area contributed by atoms with E-state index in [0.717, 1.165) is 5.56 Å². The molecule has 0 aliphatic carbocycles. The minimum Gasteiger partial charge on any atom is -0.489 e. The number of carbonyl (C=O) groups excluding carboxylic acids is 1. The lowest BCUT2D eigenvalue weighted by Crippen LogP contribution is -2.21. The Morgan fingerprint density at radius 1 is 1.19 bits per heavy atom. The number of anilines is 1. The van der Waals surface area contributed by atoms with Crippen molar-refractivity contribution in [3.8, 4) is 5.75 Å². The summed E-state index contributed by atoms with van der Waals surface area (Å²) in [5.41, 5.74) is 2.46. The molecule has 1 heterocycles. The standard InChI is InChI=1S/C20H16Cl2N2O2/c1-3-10-26-19-7-5-4-6-14(19)11-16-13(2)23-24(20(16)25)15-8-9-17(21)18(22)12-15/h3-9,11-12H,1,10H2,2H3/b16-11+. The highest BCUT2D eigenvalue weighted by Gasteiger charge is 2.29. The topological polar surface area (TPSA) is 41.9 Å². The van der Waals surface area contributed by atoms with Crippen molar-refractivity contribution in [1.29, 1.82) is 0 Å². The number of amides is 1. The molecular formula is C20H16Cl2N2O2. The van der Waals surface area contributed by atoms with Crippen molar-refractivity contribution in [3.05, 3.63) is 76.3 Å². The summed E-state index contributed by atoms with van der Waals surface area (Å²) in [5, 5.41) is 6.46. The fraction of sp³-hybridized carbons (Fsp3) is 0.100. The van der Waals surface area contributed by atoms with Gasteiger partial charge in [0.1, 0.15) is 12.4 Å². The van der Waals surface area contributed by atoms with E-state index in [1.54, 1.807) is 37.3 Å². The van der Waals surface area contributed by atoms with E-state index in [1.807, 2.05) is 24.3 Å². The van der Waals surface area contributed by atoms with Gasteiger partial charge in [0.25, 0.3) is 5.91 Å². The third-order valence-electron chi connectivity index (χ3n) is 3.79. The van der Waals surface area contributed by atoms with E-state index in [9.17, 15) is 4.79 Å². The number of carbonyl (C=O) groups is 1. The molecule has 132 valence electrons. The van der Waals surface area contributed by atoms with Crippen LogP contribution in [0, 0.1) is 0 Å². The molecule has 0 fully saturated rings. The Morgan fingerprint density at radius 2 is 1.96 bits per heavy atom. The van der Waals surface area contributed by atoms with E-state index < -0.39 is 0 Å². The molecule has 0 saturated heterocycles. The van der Waals surface area contributed by atoms with E-state index in [0.29, 0.717) is 39.4 Å². The van der Waals surface area contributed by atoms with Crippen molar-refractivity contribution < 1.29 is 9.53 Å². The predicted molar refractivity (Wildman–Crippen MR) is 107 cm³/mol. The first-order valence-corrected chi connectivity index (χ1v) is 8.66. The largest absolute Gasteiger partial charge is 0.489 e. The highest BCUT2D eigenvalue weighted by atomic mass is 35.5. The molecular weight excluding hydrogens is 371 g/mol. The SMILES string of the molecule is C=CCOc1ccccc1/C=C1/C(=O)N(c2ccc(Cl)c(Cl)c2)N=C1C. The zero-order valence-corrected chi connectivity index (χ0v) is 15.6. The Kier molecular flexibility index (Phi) is 5.45. The summed E-state index contributed by atoms with van der Waals surface area (Å²) in [4.78, 5) is 12.9. The minimum absolute atomic E-state index is 0.237. The highest BCUT2D eigenvalue weighted by molar-refractivity contribution is 6.42. The van der Waals surface area contributed by atoms with E-state index in [2.05, 4.69) is 11.7 Å². The zero-order chi connectivity index (χ0) is 18.7. The third-order valence-corrected chi connectivity index (χ3v) is 4.52. The second-order valence-electron chi connectivity index (χ2n) is 5.60. The van der Waals surface area contributed by atoms with Gasteiger partial charge in [-0.25, -0.2) is 0 Å². The summed E-state index contributed by atoms with van der Waals surface area (Å²) < 4.78 is 5.65. The van der Waals surface area contributed by atoms with Crippen LogP contribution in [-0.4, -0.2) is 18.2 Å². The van der Waals surface area contributed by atoms with Crippen LogP contribution in [0.25, 0.3) is 6.08 Å². The van der Waals surface area contributed by atoms with Crippen molar-refractivity contribution in [2.75, 3.05) is 11.6 Å². The zero-order valence-electron chi connectivity index (χ0n) is 14.1. The second-order valence-corrected chi connectivity index (χ2v) is 6.41. The van der Waals surface area contributed by atoms with Crippen LogP contribution >= 0.6 is 23.2 Å². The lowest BCUT2D eigenvalue weighted by molar-refractivity contribution is -0.114. The van der Waals surface area contributed by atoms with Crippen LogP contribution in [0.2, 0.25) is 10.0 Å². The van der Waals surface area contributed by atoms with Gasteiger partial charge in [-0.3, -0.25) is 4.79 Å². The van der Waals surface area contributed by atoms with Gasteiger partial charge >= 0.3 is 0 Å². The number of hydrazone groups is 1. The number of rotatable bonds is 5. The molecule has 3 rings (SSSR count). The molecule has 6 heteroatoms. The molecule has 0 saturated carbocycles. The fourth-order valence-corrected chi connectivity index (χ4v) is 2.80. The summed E-state index contributed by atoms with van der Waals surface area (Å²) in [6, 6.07) is 12.4. The van der Waals surface area contributed by atoms with Crippen LogP contribution in [0.15, 0.2) is 65.8 Å². The summed E-state index contributed by atoms with van der Waals surface area (Å²) in [7, 11) is 0. The lowest BCUT2D eigenvalue weighted by Gasteiger charge is -2.12. The van der Waals surface area contributed by atoms with Gasteiger partial charge in [-0.05, 0) is 37.3 Å². The van der Waals surface area contributed by atoms with E-state index in [-0.39, 0.29) is 5.91 Å². The second kappa shape index (κ2) is 7.77. The summed E-state index contributed by atoms with van der Waals surface area (Å²) in [6.45, 7) is 5.82. The first-order chi connectivity index (χ1) is 12.5. The number of benzene rings is 2. The van der Waals surface area contributed by atoms with Gasteiger partial charge in [-0.2, -0.15) is 10.1 Å². The monoisotopic (exact) mass is 386 g/mol. The van der Waals surface area contributed by atoms with Crippen molar-refractivity contribution in [3.63, 3.8) is 0 Å². The fourth-order valence-electron chi connectivity index (χ4n) is 2.51. The van der Waals surface area contributed by atoms with E-state index >= 15 is 0 Å². The van der Waals surface area contributed by atoms with Crippen LogP contribution in [0.1, 0.15) is 12.5 Å². The molecule has 0 N–H and O–H groups in total. The van der Waals surface area contributed by atoms with Gasteiger partial charge < -0.3 is 4.74 Å². The predicted octanol–water partition coefficient (Wildman–Crippen LogP) is 5.36. The van der Waals surface area contributed by atoms with Crippen LogP contribution in [0.5, 0.6) is 5.75 Å². The van der Waals surface area contributed by atoms with Gasteiger partial charge in [0.05, 0.1) is 27.0 Å². The summed E-state index contributed by atoms with van der Waals surface area (Å²) in [6.07, 6.45) is 3.44. The quantitative estimate of drug-likeness (QED) is 0.512. The van der Waals surface area contributed by atoms with Crippen molar-refractivity contribution in [1.82, 2.24) is 0 Å². The van der Waals surface area contributed by atoms with Gasteiger partial charge in [0.15, 0.2) is 0 Å². The highest BCUT2D eigenvalue weighted by Crippen LogP contribution is 2.31. The van der Waals surface area contributed by atoms with E-state index in [1.165, 1.54) is 5.01 Å². The average Bonchev–Trinajstić information content (AvgIpc) is 2.91. The first kappa shape index (κ1) is 18.2. The van der Waals surface area contributed by atoms with Gasteiger partial charge in [-0.15, -0.1) is 0 Å². The van der Waals surface area contributed by atoms with Gasteiger partial charge in [-0.1, -0.05) is 54.1 Å². The molecule has 0 radical (unpaired) electrons. The lowest BCUT2D eigenvalue weighted by atomic mass is 10.1. The maximum Gasteiger partial charge on any atom is 0.280 e. The molecule has 4 nitrogen and oxygen atoms in total. The molecule has 26 heavy (non-hydrogen) atoms. The molecule has 0 spiro atoms. The average molecular weight is 387 g/mol. The first-order valence-electron chi connectivity index (χ1n) is 7.90. The van der Waals surface area contributed by atoms with Crippen molar-refractivity contribution in [2.45, 2.75) is 6.92 Å². The number of halogens is 2. The number of nitrogens with zero attached hydrogens (tertiary/aromatic N) is 2. The van der Waals surface area contributed by atoms with Crippen LogP contribution in [-0.2, 0) is 4.79 Å². The number of para-hydroxylation sites is 1. The third kappa shape index (κ3) is 3.66. The van der Waals surface area contributed by atoms with Crippen LogP contribution < -0.4 is 9.75 Å². The van der Waals surface area contributed by atoms with E-state index in [4.69, 9.17) is 27.9 Å². The van der Waals surface area contributed by atoms with Crippen molar-refractivity contribution in [2.24, 2.45) is 5.10 Å². The number of hydrogen-bond acceptors (Lipinski definition) is 3. The summed E-state index contributed by atoms with van der Waals surface area (Å²) >= 11 is 12.0. The summed E-state index contributed by atoms with van der Waals surface area (Å²) in [5.74, 6) is 0.438. The molecule has 0 unspecified atom stereocenters. The maximum absolute atomic E-state index is 12.9. The molecule has 0 atom stereocenters.